The van der Waals surface area contributed by atoms with Gasteiger partial charge in [0, 0.05) is 10.9 Å². The van der Waals surface area contributed by atoms with Crippen LogP contribution in [0.25, 0.3) is 11.0 Å². The van der Waals surface area contributed by atoms with E-state index in [4.69, 9.17) is 9.15 Å². The van der Waals surface area contributed by atoms with Gasteiger partial charge in [0.1, 0.15) is 18.7 Å². The van der Waals surface area contributed by atoms with Gasteiger partial charge in [0.15, 0.2) is 6.10 Å². The molecule has 2 aromatic rings. The van der Waals surface area contributed by atoms with Crippen LogP contribution in [0.3, 0.4) is 0 Å². The van der Waals surface area contributed by atoms with Crippen molar-refractivity contribution in [2.75, 3.05) is 55.4 Å². The van der Waals surface area contributed by atoms with Crippen molar-refractivity contribution >= 4 is 16.9 Å². The molecule has 0 amide bonds. The first-order chi connectivity index (χ1) is 11.0. The largest absolute Gasteiger partial charge is 1.00 e. The maximum absolute atomic E-state index is 12.7. The van der Waals surface area contributed by atoms with Gasteiger partial charge in [0.25, 0.3) is 0 Å². The SMILES string of the molecule is Cc1c(C(=O)OC(C[N+](C)(C)C)C[N+](C)(C)C)oc2ccccc12.[I-].[I-]. The third-order valence-corrected chi connectivity index (χ3v) is 3.81. The second-order valence-electron chi connectivity index (χ2n) is 8.53. The minimum absolute atomic E-state index is 0. The zero-order valence-electron chi connectivity index (χ0n) is 16.7. The van der Waals surface area contributed by atoms with Crippen LogP contribution in [0.15, 0.2) is 28.7 Å². The maximum Gasteiger partial charge on any atom is 0.375 e. The van der Waals surface area contributed by atoms with Crippen LogP contribution in [0.1, 0.15) is 16.1 Å². The lowest BCUT2D eigenvalue weighted by Crippen LogP contribution is -3.00. The predicted molar refractivity (Wildman–Crippen MR) is 96.0 cm³/mol. The van der Waals surface area contributed by atoms with Crippen molar-refractivity contribution in [2.24, 2.45) is 0 Å². The maximum atomic E-state index is 12.7. The molecule has 0 aliphatic carbocycles. The highest BCUT2D eigenvalue weighted by molar-refractivity contribution is 5.95. The summed E-state index contributed by atoms with van der Waals surface area (Å²) in [6.45, 7) is 3.40. The number of likely N-dealkylation sites (N-methyl/N-ethyl adjacent to an activating group) is 2. The van der Waals surface area contributed by atoms with Gasteiger partial charge in [0.2, 0.25) is 5.76 Å². The molecule has 0 saturated heterocycles. The number of benzene rings is 1. The second kappa shape index (κ2) is 9.70. The highest BCUT2D eigenvalue weighted by atomic mass is 127. The molecule has 1 aromatic carbocycles. The first kappa shape index (κ1) is 25.6. The highest BCUT2D eigenvalue weighted by Crippen LogP contribution is 2.26. The molecule has 7 heteroatoms. The molecule has 0 atom stereocenters. The smallest absolute Gasteiger partial charge is 0.375 e. The Morgan fingerprint density at radius 1 is 1.00 bits per heavy atom. The molecular weight excluding hydrogens is 558 g/mol. The first-order valence-corrected chi connectivity index (χ1v) is 8.26. The lowest BCUT2D eigenvalue weighted by Gasteiger charge is -2.33. The summed E-state index contributed by atoms with van der Waals surface area (Å²) in [5, 5.41) is 0.958. The van der Waals surface area contributed by atoms with Crippen LogP contribution in [0.4, 0.5) is 0 Å². The standard InChI is InChI=1S/C19H30N2O3.2HI/c1-14-16-10-8-9-11-17(16)24-18(14)19(22)23-15(12-20(2,3)4)13-21(5,6)7;;/h8-11,15H,12-13H2,1-7H3;2*1H/q+2;;/p-2. The van der Waals surface area contributed by atoms with Crippen LogP contribution in [0.2, 0.25) is 0 Å². The number of esters is 1. The van der Waals surface area contributed by atoms with Crippen LogP contribution in [0.5, 0.6) is 0 Å². The van der Waals surface area contributed by atoms with Crippen LogP contribution in [-0.2, 0) is 4.74 Å². The first-order valence-electron chi connectivity index (χ1n) is 8.26. The van der Waals surface area contributed by atoms with Crippen LogP contribution < -0.4 is 48.0 Å². The Morgan fingerprint density at radius 2 is 1.50 bits per heavy atom. The summed E-state index contributed by atoms with van der Waals surface area (Å²) in [6.07, 6.45) is -0.176. The summed E-state index contributed by atoms with van der Waals surface area (Å²) in [4.78, 5) is 12.7. The molecule has 0 saturated carbocycles. The van der Waals surface area contributed by atoms with Gasteiger partial charge in [-0.2, -0.15) is 0 Å². The van der Waals surface area contributed by atoms with E-state index in [0.29, 0.717) is 5.76 Å². The molecule has 0 N–H and O–H groups in total. The van der Waals surface area contributed by atoms with Crippen LogP contribution in [-0.4, -0.2) is 76.4 Å². The van der Waals surface area contributed by atoms with E-state index >= 15 is 0 Å². The third kappa shape index (κ3) is 7.32. The fourth-order valence-corrected chi connectivity index (χ4v) is 2.93. The Morgan fingerprint density at radius 3 is 1.96 bits per heavy atom. The summed E-state index contributed by atoms with van der Waals surface area (Å²) in [6, 6.07) is 7.67. The highest BCUT2D eigenvalue weighted by Gasteiger charge is 2.30. The summed E-state index contributed by atoms with van der Waals surface area (Å²) in [5.74, 6) is -0.0698. The molecule has 1 heterocycles. The van der Waals surface area contributed by atoms with Gasteiger partial charge in [-0.05, 0) is 13.0 Å². The number of aryl methyl sites for hydroxylation is 1. The van der Waals surface area contributed by atoms with Crippen molar-refractivity contribution in [2.45, 2.75) is 13.0 Å². The van der Waals surface area contributed by atoms with Crippen LogP contribution >= 0.6 is 0 Å². The number of carbonyl (C=O) groups is 1. The van der Waals surface area contributed by atoms with E-state index in [2.05, 4.69) is 42.3 Å². The summed E-state index contributed by atoms with van der Waals surface area (Å²) >= 11 is 0. The van der Waals surface area contributed by atoms with E-state index in [9.17, 15) is 4.79 Å². The molecule has 0 bridgehead atoms. The summed E-state index contributed by atoms with van der Waals surface area (Å²) in [7, 11) is 12.6. The van der Waals surface area contributed by atoms with E-state index < -0.39 is 0 Å². The Balaban J connectivity index is 0.00000312. The number of quaternary nitrogens is 2. The Kier molecular flexibility index (Phi) is 9.55. The Bertz CT molecular complexity index is 714. The fraction of sp³-hybridized carbons (Fsp3) is 0.526. The van der Waals surface area contributed by atoms with Crippen molar-refractivity contribution < 1.29 is 70.9 Å². The van der Waals surface area contributed by atoms with E-state index in [1.807, 2.05) is 31.2 Å². The molecule has 0 aliphatic rings. The van der Waals surface area contributed by atoms with Crippen molar-refractivity contribution in [3.63, 3.8) is 0 Å². The molecule has 148 valence electrons. The molecule has 0 aliphatic heterocycles. The topological polar surface area (TPSA) is 39.4 Å². The molecule has 26 heavy (non-hydrogen) atoms. The summed E-state index contributed by atoms with van der Waals surface area (Å²) in [5.41, 5.74) is 1.56. The Labute approximate surface area is 190 Å². The summed E-state index contributed by atoms with van der Waals surface area (Å²) < 4.78 is 13.0. The van der Waals surface area contributed by atoms with Gasteiger partial charge in [-0.25, -0.2) is 4.79 Å². The van der Waals surface area contributed by atoms with E-state index in [1.54, 1.807) is 0 Å². The number of para-hydroxylation sites is 1. The minimum Gasteiger partial charge on any atom is -1.00 e. The number of hydrogen-bond donors (Lipinski definition) is 0. The van der Waals surface area contributed by atoms with E-state index in [-0.39, 0.29) is 60.0 Å². The van der Waals surface area contributed by atoms with Crippen molar-refractivity contribution in [1.29, 1.82) is 0 Å². The quantitative estimate of drug-likeness (QED) is 0.202. The number of furan rings is 1. The number of nitrogens with zero attached hydrogens (tertiary/aromatic N) is 2. The lowest BCUT2D eigenvalue weighted by atomic mass is 10.1. The molecular formula is C19H30I2N2O3. The van der Waals surface area contributed by atoms with Crippen LogP contribution in [0, 0.1) is 6.92 Å². The monoisotopic (exact) mass is 588 g/mol. The molecule has 5 nitrogen and oxygen atoms in total. The molecule has 0 fully saturated rings. The predicted octanol–water partition coefficient (Wildman–Crippen LogP) is -3.31. The van der Waals surface area contributed by atoms with Crippen molar-refractivity contribution in [1.82, 2.24) is 0 Å². The second-order valence-corrected chi connectivity index (χ2v) is 8.53. The van der Waals surface area contributed by atoms with E-state index in [1.165, 1.54) is 0 Å². The molecule has 0 unspecified atom stereocenters. The number of carbonyl (C=O) groups excluding carboxylic acids is 1. The third-order valence-electron chi connectivity index (χ3n) is 3.81. The zero-order chi connectivity index (χ0) is 18.1. The molecule has 0 spiro atoms. The van der Waals surface area contributed by atoms with Crippen molar-refractivity contribution in [3.8, 4) is 0 Å². The average molecular weight is 588 g/mol. The van der Waals surface area contributed by atoms with E-state index in [0.717, 1.165) is 38.6 Å². The van der Waals surface area contributed by atoms with Gasteiger partial charge in [-0.1, -0.05) is 18.2 Å². The molecule has 1 aromatic heterocycles. The molecule has 0 radical (unpaired) electrons. The lowest BCUT2D eigenvalue weighted by molar-refractivity contribution is -0.895. The van der Waals surface area contributed by atoms with Gasteiger partial charge < -0.3 is 66.1 Å². The number of fused-ring (bicyclic) bond motifs is 1. The van der Waals surface area contributed by atoms with Gasteiger partial charge in [-0.15, -0.1) is 0 Å². The normalized spacial score (nSPS) is 11.8. The van der Waals surface area contributed by atoms with Crippen molar-refractivity contribution in [3.05, 3.63) is 35.6 Å². The number of rotatable bonds is 6. The number of ether oxygens (including phenoxy) is 1. The molecule has 2 rings (SSSR count). The van der Waals surface area contributed by atoms with Gasteiger partial charge in [0.05, 0.1) is 42.3 Å². The number of hydrogen-bond acceptors (Lipinski definition) is 3. The van der Waals surface area contributed by atoms with Gasteiger partial charge >= 0.3 is 5.97 Å². The zero-order valence-corrected chi connectivity index (χ0v) is 21.0. The minimum atomic E-state index is -0.379. The Hall–Kier alpha value is -0.390. The number of halogens is 2. The fourth-order valence-electron chi connectivity index (χ4n) is 2.93. The average Bonchev–Trinajstić information content (AvgIpc) is 2.73. The van der Waals surface area contributed by atoms with Gasteiger partial charge in [-0.3, -0.25) is 0 Å².